The number of amides is 1. The molecule has 0 radical (unpaired) electrons. The Labute approximate surface area is 101 Å². The average Bonchev–Trinajstić information content (AvgIpc) is 2.88. The highest BCUT2D eigenvalue weighted by atomic mass is 79.9. The fourth-order valence-corrected chi connectivity index (χ4v) is 3.21. The summed E-state index contributed by atoms with van der Waals surface area (Å²) in [6.07, 6.45) is 4.52. The topological polar surface area (TPSA) is 42.0 Å². The zero-order valence-corrected chi connectivity index (χ0v) is 10.7. The molecule has 0 spiro atoms. The highest BCUT2D eigenvalue weighted by molar-refractivity contribution is 9.09. The molecule has 5 heteroatoms. The standard InChI is InChI=1S/C10H13BrN2OS/c11-6-10(3-1-2-4-10)13-9(14)8-5-15-7-12-8/h5,7H,1-4,6H2,(H,13,14). The van der Waals surface area contributed by atoms with Crippen LogP contribution < -0.4 is 5.32 Å². The third-order valence-electron chi connectivity index (χ3n) is 2.86. The molecule has 1 aliphatic rings. The molecule has 0 aromatic carbocycles. The number of rotatable bonds is 3. The molecule has 1 N–H and O–H groups in total. The van der Waals surface area contributed by atoms with E-state index in [0.717, 1.165) is 18.2 Å². The Morgan fingerprint density at radius 1 is 1.60 bits per heavy atom. The lowest BCUT2D eigenvalue weighted by molar-refractivity contribution is 0.0906. The van der Waals surface area contributed by atoms with E-state index in [1.54, 1.807) is 10.9 Å². The van der Waals surface area contributed by atoms with Crippen LogP contribution >= 0.6 is 27.3 Å². The Kier molecular flexibility index (Phi) is 3.41. The van der Waals surface area contributed by atoms with Gasteiger partial charge in [0.05, 0.1) is 11.0 Å². The third-order valence-corrected chi connectivity index (χ3v) is 4.52. The van der Waals surface area contributed by atoms with Crippen LogP contribution in [0.1, 0.15) is 36.2 Å². The molecule has 2 rings (SSSR count). The summed E-state index contributed by atoms with van der Waals surface area (Å²) in [5.74, 6) is -0.0439. The lowest BCUT2D eigenvalue weighted by Crippen LogP contribution is -2.47. The van der Waals surface area contributed by atoms with Gasteiger partial charge in [0.15, 0.2) is 0 Å². The summed E-state index contributed by atoms with van der Waals surface area (Å²) in [6, 6.07) is 0. The van der Waals surface area contributed by atoms with Crippen LogP contribution in [0, 0.1) is 0 Å². The smallest absolute Gasteiger partial charge is 0.271 e. The molecule has 1 heterocycles. The van der Waals surface area contributed by atoms with Crippen LogP contribution in [-0.4, -0.2) is 21.8 Å². The average molecular weight is 289 g/mol. The summed E-state index contributed by atoms with van der Waals surface area (Å²) in [7, 11) is 0. The first-order chi connectivity index (χ1) is 7.26. The number of carbonyl (C=O) groups is 1. The fraction of sp³-hybridized carbons (Fsp3) is 0.600. The Morgan fingerprint density at radius 2 is 2.33 bits per heavy atom. The number of nitrogens with zero attached hydrogens (tertiary/aromatic N) is 1. The molecule has 1 aromatic rings. The van der Waals surface area contributed by atoms with E-state index in [2.05, 4.69) is 26.2 Å². The molecule has 0 aliphatic heterocycles. The van der Waals surface area contributed by atoms with Crippen LogP contribution in [0.2, 0.25) is 0 Å². The number of hydrogen-bond acceptors (Lipinski definition) is 3. The second-order valence-corrected chi connectivity index (χ2v) is 5.23. The molecule has 1 aromatic heterocycles. The van der Waals surface area contributed by atoms with Gasteiger partial charge >= 0.3 is 0 Å². The molecule has 0 bridgehead atoms. The van der Waals surface area contributed by atoms with Crippen molar-refractivity contribution in [1.82, 2.24) is 10.3 Å². The first kappa shape index (κ1) is 11.1. The van der Waals surface area contributed by atoms with E-state index in [0.29, 0.717) is 5.69 Å². The van der Waals surface area contributed by atoms with E-state index >= 15 is 0 Å². The first-order valence-electron chi connectivity index (χ1n) is 5.02. The second kappa shape index (κ2) is 4.61. The Hall–Kier alpha value is -0.420. The van der Waals surface area contributed by atoms with Crippen molar-refractivity contribution >= 4 is 33.2 Å². The number of hydrogen-bond donors (Lipinski definition) is 1. The molecule has 0 saturated heterocycles. The van der Waals surface area contributed by atoms with Gasteiger partial charge in [0, 0.05) is 10.7 Å². The van der Waals surface area contributed by atoms with Gasteiger partial charge in [0.25, 0.3) is 5.91 Å². The van der Waals surface area contributed by atoms with Gasteiger partial charge in [0.2, 0.25) is 0 Å². The highest BCUT2D eigenvalue weighted by Crippen LogP contribution is 2.31. The second-order valence-electron chi connectivity index (χ2n) is 3.95. The Bertz CT molecular complexity index is 333. The van der Waals surface area contributed by atoms with E-state index < -0.39 is 0 Å². The maximum absolute atomic E-state index is 11.8. The predicted octanol–water partition coefficient (Wildman–Crippen LogP) is 2.58. The van der Waals surface area contributed by atoms with Crippen molar-refractivity contribution in [2.45, 2.75) is 31.2 Å². The van der Waals surface area contributed by atoms with Gasteiger partial charge in [-0.2, -0.15) is 0 Å². The fourth-order valence-electron chi connectivity index (χ4n) is 1.97. The monoisotopic (exact) mass is 288 g/mol. The van der Waals surface area contributed by atoms with Gasteiger partial charge in [-0.25, -0.2) is 4.98 Å². The minimum atomic E-state index is -0.0439. The van der Waals surface area contributed by atoms with E-state index in [-0.39, 0.29) is 11.4 Å². The van der Waals surface area contributed by atoms with Crippen molar-refractivity contribution in [1.29, 1.82) is 0 Å². The molecule has 3 nitrogen and oxygen atoms in total. The van der Waals surface area contributed by atoms with E-state index in [1.165, 1.54) is 24.2 Å². The van der Waals surface area contributed by atoms with Gasteiger partial charge in [-0.15, -0.1) is 11.3 Å². The lowest BCUT2D eigenvalue weighted by Gasteiger charge is -2.27. The number of halogens is 1. The van der Waals surface area contributed by atoms with Gasteiger partial charge in [-0.3, -0.25) is 4.79 Å². The summed E-state index contributed by atoms with van der Waals surface area (Å²) in [6.45, 7) is 0. The van der Waals surface area contributed by atoms with Crippen LogP contribution in [0.25, 0.3) is 0 Å². The van der Waals surface area contributed by atoms with Crippen molar-refractivity contribution in [3.63, 3.8) is 0 Å². The van der Waals surface area contributed by atoms with Crippen molar-refractivity contribution in [3.05, 3.63) is 16.6 Å². The van der Waals surface area contributed by atoms with Crippen LogP contribution in [0.15, 0.2) is 10.9 Å². The summed E-state index contributed by atoms with van der Waals surface area (Å²) < 4.78 is 0. The predicted molar refractivity (Wildman–Crippen MR) is 64.6 cm³/mol. The SMILES string of the molecule is O=C(NC1(CBr)CCCC1)c1cscn1. The van der Waals surface area contributed by atoms with E-state index in [4.69, 9.17) is 0 Å². The number of nitrogens with one attached hydrogen (secondary N) is 1. The molecule has 1 saturated carbocycles. The minimum absolute atomic E-state index is 0.0410. The minimum Gasteiger partial charge on any atom is -0.344 e. The Morgan fingerprint density at radius 3 is 2.87 bits per heavy atom. The molecule has 15 heavy (non-hydrogen) atoms. The maximum Gasteiger partial charge on any atom is 0.271 e. The molecular weight excluding hydrogens is 276 g/mol. The summed E-state index contributed by atoms with van der Waals surface area (Å²) in [5, 5.41) is 5.72. The number of carbonyl (C=O) groups excluding carboxylic acids is 1. The quantitative estimate of drug-likeness (QED) is 0.869. The first-order valence-corrected chi connectivity index (χ1v) is 7.09. The zero-order chi connectivity index (χ0) is 10.7. The van der Waals surface area contributed by atoms with Crippen molar-refractivity contribution in [2.24, 2.45) is 0 Å². The third kappa shape index (κ3) is 2.39. The number of thiazole rings is 1. The number of aromatic nitrogens is 1. The molecule has 1 amide bonds. The molecular formula is C10H13BrN2OS. The zero-order valence-electron chi connectivity index (χ0n) is 8.33. The van der Waals surface area contributed by atoms with Crippen LogP contribution in [0.5, 0.6) is 0 Å². The van der Waals surface area contributed by atoms with E-state index in [1.807, 2.05) is 0 Å². The highest BCUT2D eigenvalue weighted by Gasteiger charge is 2.34. The molecule has 1 fully saturated rings. The van der Waals surface area contributed by atoms with Gasteiger partial charge in [0.1, 0.15) is 5.69 Å². The molecule has 82 valence electrons. The Balaban J connectivity index is 2.04. The van der Waals surface area contributed by atoms with Gasteiger partial charge in [-0.05, 0) is 12.8 Å². The summed E-state index contributed by atoms with van der Waals surface area (Å²) >= 11 is 4.94. The van der Waals surface area contributed by atoms with Crippen molar-refractivity contribution in [2.75, 3.05) is 5.33 Å². The largest absolute Gasteiger partial charge is 0.344 e. The maximum atomic E-state index is 11.8. The van der Waals surface area contributed by atoms with Gasteiger partial charge < -0.3 is 5.32 Å². The van der Waals surface area contributed by atoms with Gasteiger partial charge in [-0.1, -0.05) is 28.8 Å². The molecule has 0 atom stereocenters. The van der Waals surface area contributed by atoms with Crippen LogP contribution in [-0.2, 0) is 0 Å². The van der Waals surface area contributed by atoms with Crippen molar-refractivity contribution in [3.8, 4) is 0 Å². The van der Waals surface area contributed by atoms with Crippen LogP contribution in [0.3, 0.4) is 0 Å². The van der Waals surface area contributed by atoms with Crippen molar-refractivity contribution < 1.29 is 4.79 Å². The molecule has 1 aliphatic carbocycles. The normalized spacial score (nSPS) is 19.0. The van der Waals surface area contributed by atoms with E-state index in [9.17, 15) is 4.79 Å². The summed E-state index contributed by atoms with van der Waals surface area (Å²) in [4.78, 5) is 15.9. The lowest BCUT2D eigenvalue weighted by atomic mass is 10.0. The number of alkyl halides is 1. The summed E-state index contributed by atoms with van der Waals surface area (Å²) in [5.41, 5.74) is 2.18. The molecule has 0 unspecified atom stereocenters. The van der Waals surface area contributed by atoms with Crippen LogP contribution in [0.4, 0.5) is 0 Å².